The summed E-state index contributed by atoms with van der Waals surface area (Å²) in [6.07, 6.45) is 0.313. The SMILES string of the molecule is O=C(O)[C@H](Cc1cc(I)c(O)c(I)c1)NCc1cc(I)c(O)c(I)c1. The summed E-state index contributed by atoms with van der Waals surface area (Å²) in [6, 6.07) is 6.50. The Morgan fingerprint density at radius 3 is 1.68 bits per heavy atom. The van der Waals surface area contributed by atoms with Gasteiger partial charge in [0.15, 0.2) is 0 Å². The van der Waals surface area contributed by atoms with Gasteiger partial charge in [-0.25, -0.2) is 0 Å². The Morgan fingerprint density at radius 2 is 1.28 bits per heavy atom. The molecule has 0 bridgehead atoms. The number of aromatic hydroxyl groups is 2. The number of rotatable bonds is 6. The number of hydrogen-bond acceptors (Lipinski definition) is 4. The molecule has 0 aliphatic heterocycles. The molecule has 9 heteroatoms. The summed E-state index contributed by atoms with van der Waals surface area (Å²) in [7, 11) is 0. The number of phenolic OH excluding ortho intramolecular Hbond substituents is 2. The molecule has 0 radical (unpaired) electrons. The standard InChI is InChI=1S/C16H13I4NO4/c17-9-1-7(2-10(18)14(9)22)5-13(16(24)25)21-6-8-3-11(19)15(23)12(20)4-8/h1-4,13,21-23H,5-6H2,(H,24,25)/t13-/m0/s1. The van der Waals surface area contributed by atoms with Crippen molar-refractivity contribution >= 4 is 96.3 Å². The van der Waals surface area contributed by atoms with Crippen molar-refractivity contribution < 1.29 is 20.1 Å². The van der Waals surface area contributed by atoms with Crippen molar-refractivity contribution in [2.75, 3.05) is 0 Å². The Hall–Kier alpha value is 0.390. The lowest BCUT2D eigenvalue weighted by Crippen LogP contribution is -2.38. The summed E-state index contributed by atoms with van der Waals surface area (Å²) >= 11 is 8.17. The molecule has 0 saturated heterocycles. The van der Waals surface area contributed by atoms with Gasteiger partial charge in [-0.15, -0.1) is 0 Å². The van der Waals surface area contributed by atoms with E-state index in [1.807, 2.05) is 57.3 Å². The zero-order valence-electron chi connectivity index (χ0n) is 12.6. The minimum Gasteiger partial charge on any atom is -0.506 e. The molecular formula is C16H13I4NO4. The number of hydrogen-bond donors (Lipinski definition) is 4. The third-order valence-corrected chi connectivity index (χ3v) is 6.73. The van der Waals surface area contributed by atoms with E-state index in [1.165, 1.54) is 0 Å². The molecule has 2 rings (SSSR count). The van der Waals surface area contributed by atoms with E-state index in [4.69, 9.17) is 0 Å². The average Bonchev–Trinajstić information content (AvgIpc) is 2.53. The highest BCUT2D eigenvalue weighted by Crippen LogP contribution is 2.29. The Kier molecular flexibility index (Phi) is 8.28. The van der Waals surface area contributed by atoms with Crippen molar-refractivity contribution in [2.45, 2.75) is 19.0 Å². The Balaban J connectivity index is 2.13. The summed E-state index contributed by atoms with van der Waals surface area (Å²) in [5.74, 6) is -0.465. The maximum atomic E-state index is 11.6. The molecule has 0 aliphatic rings. The Labute approximate surface area is 199 Å². The molecule has 0 spiro atoms. The quantitative estimate of drug-likeness (QED) is 0.328. The molecule has 2 aromatic carbocycles. The van der Waals surface area contributed by atoms with E-state index >= 15 is 0 Å². The van der Waals surface area contributed by atoms with Crippen LogP contribution < -0.4 is 5.32 Å². The molecular weight excluding hydrogens is 778 g/mol. The number of phenols is 2. The lowest BCUT2D eigenvalue weighted by Gasteiger charge is -2.16. The highest BCUT2D eigenvalue weighted by Gasteiger charge is 2.19. The van der Waals surface area contributed by atoms with E-state index in [0.29, 0.717) is 20.1 Å². The van der Waals surface area contributed by atoms with Gasteiger partial charge in [0.05, 0.1) is 14.3 Å². The van der Waals surface area contributed by atoms with Crippen molar-refractivity contribution in [3.05, 3.63) is 49.7 Å². The second-order valence-electron chi connectivity index (χ2n) is 5.29. The minimum absolute atomic E-state index is 0.220. The lowest BCUT2D eigenvalue weighted by molar-refractivity contribution is -0.139. The number of carbonyl (C=O) groups is 1. The number of aliphatic carboxylic acids is 1. The van der Waals surface area contributed by atoms with Crippen LogP contribution in [-0.4, -0.2) is 27.3 Å². The third kappa shape index (κ3) is 5.93. The van der Waals surface area contributed by atoms with E-state index in [2.05, 4.69) is 50.5 Å². The molecule has 0 saturated carbocycles. The van der Waals surface area contributed by atoms with Crippen LogP contribution in [0.1, 0.15) is 11.1 Å². The predicted molar refractivity (Wildman–Crippen MR) is 129 cm³/mol. The molecule has 1 atom stereocenters. The van der Waals surface area contributed by atoms with E-state index in [1.54, 1.807) is 12.1 Å². The second-order valence-corrected chi connectivity index (χ2v) is 9.94. The topological polar surface area (TPSA) is 89.8 Å². The molecule has 0 aromatic heterocycles. The summed E-state index contributed by atoms with van der Waals surface area (Å²) < 4.78 is 2.86. The van der Waals surface area contributed by atoms with Crippen LogP contribution in [0.25, 0.3) is 0 Å². The van der Waals surface area contributed by atoms with Crippen molar-refractivity contribution in [2.24, 2.45) is 0 Å². The zero-order valence-corrected chi connectivity index (χ0v) is 21.2. The van der Waals surface area contributed by atoms with Gasteiger partial charge in [0.25, 0.3) is 0 Å². The highest BCUT2D eigenvalue weighted by atomic mass is 127. The maximum Gasteiger partial charge on any atom is 0.321 e. The van der Waals surface area contributed by atoms with E-state index in [9.17, 15) is 20.1 Å². The summed E-state index contributed by atoms with van der Waals surface area (Å²) in [4.78, 5) is 11.6. The van der Waals surface area contributed by atoms with Crippen LogP contribution in [0.4, 0.5) is 0 Å². The van der Waals surface area contributed by atoms with Crippen LogP contribution in [-0.2, 0) is 17.8 Å². The fourth-order valence-electron chi connectivity index (χ4n) is 2.18. The smallest absolute Gasteiger partial charge is 0.321 e. The van der Waals surface area contributed by atoms with Crippen molar-refractivity contribution in [3.8, 4) is 11.5 Å². The fraction of sp³-hybridized carbons (Fsp3) is 0.188. The van der Waals surface area contributed by atoms with Gasteiger partial charge >= 0.3 is 5.97 Å². The molecule has 4 N–H and O–H groups in total. The molecule has 0 unspecified atom stereocenters. The zero-order chi connectivity index (χ0) is 18.7. The lowest BCUT2D eigenvalue weighted by atomic mass is 10.1. The third-order valence-electron chi connectivity index (χ3n) is 3.44. The highest BCUT2D eigenvalue weighted by molar-refractivity contribution is 14.1. The minimum atomic E-state index is -0.929. The maximum absolute atomic E-state index is 11.6. The van der Waals surface area contributed by atoms with Crippen LogP contribution in [0.3, 0.4) is 0 Å². The van der Waals surface area contributed by atoms with Gasteiger partial charge in [0.2, 0.25) is 0 Å². The molecule has 0 aliphatic carbocycles. The summed E-state index contributed by atoms with van der Waals surface area (Å²) in [5.41, 5.74) is 1.76. The van der Waals surface area contributed by atoms with Gasteiger partial charge in [-0.2, -0.15) is 0 Å². The Morgan fingerprint density at radius 1 is 0.880 bits per heavy atom. The molecule has 0 fully saturated rings. The predicted octanol–water partition coefficient (Wildman–Crippen LogP) is 4.30. The van der Waals surface area contributed by atoms with E-state index < -0.39 is 12.0 Å². The average molecular weight is 791 g/mol. The monoisotopic (exact) mass is 791 g/mol. The largest absolute Gasteiger partial charge is 0.506 e. The number of carboxylic acid groups (broad SMARTS) is 1. The normalized spacial score (nSPS) is 12.2. The number of benzene rings is 2. The van der Waals surface area contributed by atoms with Gasteiger partial charge in [-0.1, -0.05) is 0 Å². The first-order valence-electron chi connectivity index (χ1n) is 6.99. The molecule has 134 valence electrons. The van der Waals surface area contributed by atoms with Gasteiger partial charge in [0.1, 0.15) is 17.5 Å². The van der Waals surface area contributed by atoms with Crippen LogP contribution in [0.15, 0.2) is 24.3 Å². The number of halogens is 4. The Bertz CT molecular complexity index is 767. The van der Waals surface area contributed by atoms with Crippen molar-refractivity contribution in [1.29, 1.82) is 0 Å². The first-order valence-corrected chi connectivity index (χ1v) is 11.3. The number of nitrogens with one attached hydrogen (secondary N) is 1. The first kappa shape index (κ1) is 21.7. The first-order chi connectivity index (χ1) is 11.7. The summed E-state index contributed by atoms with van der Waals surface area (Å²) in [6.45, 7) is 0.384. The van der Waals surface area contributed by atoms with Gasteiger partial charge < -0.3 is 20.6 Å². The van der Waals surface area contributed by atoms with Crippen LogP contribution in [0.2, 0.25) is 0 Å². The molecule has 0 amide bonds. The van der Waals surface area contributed by atoms with Gasteiger partial charge in [-0.05, 0) is 132 Å². The van der Waals surface area contributed by atoms with Crippen molar-refractivity contribution in [1.82, 2.24) is 5.32 Å². The fourth-order valence-corrected chi connectivity index (χ4v) is 5.97. The molecule has 5 nitrogen and oxygen atoms in total. The molecule has 25 heavy (non-hydrogen) atoms. The van der Waals surface area contributed by atoms with Gasteiger partial charge in [-0.3, -0.25) is 4.79 Å². The summed E-state index contributed by atoms with van der Waals surface area (Å²) in [5, 5.41) is 32.2. The van der Waals surface area contributed by atoms with E-state index in [-0.39, 0.29) is 11.5 Å². The van der Waals surface area contributed by atoms with Crippen LogP contribution >= 0.6 is 90.4 Å². The van der Waals surface area contributed by atoms with Crippen LogP contribution in [0.5, 0.6) is 11.5 Å². The molecule has 0 heterocycles. The number of carboxylic acids is 1. The van der Waals surface area contributed by atoms with E-state index in [0.717, 1.165) is 18.3 Å². The van der Waals surface area contributed by atoms with Gasteiger partial charge in [0, 0.05) is 6.54 Å². The van der Waals surface area contributed by atoms with Crippen molar-refractivity contribution in [3.63, 3.8) is 0 Å². The second kappa shape index (κ2) is 9.54. The van der Waals surface area contributed by atoms with Crippen LogP contribution in [0, 0.1) is 14.3 Å². The molecule has 2 aromatic rings.